The zero-order chi connectivity index (χ0) is 18.4. The fourth-order valence-electron chi connectivity index (χ4n) is 2.22. The number of non-ortho nitro benzene ring substituents is 1. The Morgan fingerprint density at radius 3 is 2.72 bits per heavy atom. The predicted octanol–water partition coefficient (Wildman–Crippen LogP) is 3.41. The Bertz CT molecular complexity index is 848. The van der Waals surface area contributed by atoms with Gasteiger partial charge in [-0.2, -0.15) is 5.26 Å². The van der Waals surface area contributed by atoms with Crippen LogP contribution in [-0.2, 0) is 4.79 Å². The molecule has 8 heteroatoms. The number of nitrogens with one attached hydrogen (secondary N) is 2. The van der Waals surface area contributed by atoms with E-state index in [-0.39, 0.29) is 35.4 Å². The van der Waals surface area contributed by atoms with Gasteiger partial charge in [-0.05, 0) is 24.6 Å². The van der Waals surface area contributed by atoms with E-state index in [0.29, 0.717) is 5.02 Å². The lowest BCUT2D eigenvalue weighted by Crippen LogP contribution is -2.30. The molecule has 7 nitrogen and oxygen atoms in total. The van der Waals surface area contributed by atoms with Crippen molar-refractivity contribution >= 4 is 28.9 Å². The van der Waals surface area contributed by atoms with Gasteiger partial charge in [-0.3, -0.25) is 14.9 Å². The van der Waals surface area contributed by atoms with Gasteiger partial charge in [0.2, 0.25) is 5.91 Å². The zero-order valence-electron chi connectivity index (χ0n) is 13.3. The number of nitriles is 1. The molecular weight excluding hydrogens is 344 g/mol. The minimum atomic E-state index is -0.598. The molecule has 0 aliphatic heterocycles. The van der Waals surface area contributed by atoms with Crippen molar-refractivity contribution in [2.75, 3.05) is 11.9 Å². The first-order valence-corrected chi connectivity index (χ1v) is 7.76. The monoisotopic (exact) mass is 358 g/mol. The van der Waals surface area contributed by atoms with Crippen molar-refractivity contribution in [2.24, 2.45) is 0 Å². The van der Waals surface area contributed by atoms with Crippen molar-refractivity contribution in [1.82, 2.24) is 5.32 Å². The number of anilines is 1. The Hall–Kier alpha value is -2.95. The highest BCUT2D eigenvalue weighted by Gasteiger charge is 2.14. The number of hydrogen-bond donors (Lipinski definition) is 2. The van der Waals surface area contributed by atoms with E-state index in [0.717, 1.165) is 11.6 Å². The first kappa shape index (κ1) is 18.4. The van der Waals surface area contributed by atoms with Crippen molar-refractivity contribution in [3.8, 4) is 6.07 Å². The van der Waals surface area contributed by atoms with Crippen molar-refractivity contribution in [3.63, 3.8) is 0 Å². The molecule has 0 spiro atoms. The van der Waals surface area contributed by atoms with Crippen LogP contribution in [0.5, 0.6) is 0 Å². The molecule has 2 aromatic carbocycles. The lowest BCUT2D eigenvalue weighted by Gasteiger charge is -2.15. The highest BCUT2D eigenvalue weighted by atomic mass is 35.5. The number of nitro benzene ring substituents is 1. The number of rotatable bonds is 6. The fraction of sp³-hybridized carbons (Fsp3) is 0.176. The summed E-state index contributed by atoms with van der Waals surface area (Å²) < 4.78 is 0. The van der Waals surface area contributed by atoms with Gasteiger partial charge in [0.15, 0.2) is 0 Å². The van der Waals surface area contributed by atoms with E-state index in [1.807, 2.05) is 31.2 Å². The summed E-state index contributed by atoms with van der Waals surface area (Å²) in [6.07, 6.45) is 0. The van der Waals surface area contributed by atoms with Crippen LogP contribution in [-0.4, -0.2) is 17.4 Å². The molecular formula is C17H15ClN4O3. The molecule has 0 saturated carbocycles. The quantitative estimate of drug-likeness (QED) is 0.607. The van der Waals surface area contributed by atoms with E-state index < -0.39 is 4.92 Å². The Morgan fingerprint density at radius 2 is 2.08 bits per heavy atom. The molecule has 1 atom stereocenters. The number of nitro groups is 1. The standard InChI is InChI=1S/C17H15ClN4O3/c1-11(14-4-2-3-5-15(14)18)20-10-17(23)21-16-7-6-13(22(24)25)8-12(16)9-19/h2-8,11,20H,10H2,1H3,(H,21,23). The second kappa shape index (κ2) is 8.24. The SMILES string of the molecule is CC(NCC(=O)Nc1ccc([N+](=O)[O-])cc1C#N)c1ccccc1Cl. The van der Waals surface area contributed by atoms with Crippen molar-refractivity contribution < 1.29 is 9.72 Å². The maximum absolute atomic E-state index is 12.1. The number of carbonyl (C=O) groups excluding carboxylic acids is 1. The molecule has 128 valence electrons. The van der Waals surface area contributed by atoms with Crippen LogP contribution in [0.4, 0.5) is 11.4 Å². The molecule has 1 amide bonds. The summed E-state index contributed by atoms with van der Waals surface area (Å²) in [5.74, 6) is -0.371. The molecule has 1 unspecified atom stereocenters. The van der Waals surface area contributed by atoms with Crippen LogP contribution in [0.1, 0.15) is 24.1 Å². The van der Waals surface area contributed by atoms with Crippen molar-refractivity contribution in [3.05, 3.63) is 68.7 Å². The summed E-state index contributed by atoms with van der Waals surface area (Å²) in [6, 6.07) is 12.7. The Labute approximate surface area is 149 Å². The van der Waals surface area contributed by atoms with Gasteiger partial charge in [-0.1, -0.05) is 29.8 Å². The molecule has 25 heavy (non-hydrogen) atoms. The first-order valence-electron chi connectivity index (χ1n) is 7.38. The van der Waals surface area contributed by atoms with E-state index in [4.69, 9.17) is 16.9 Å². The van der Waals surface area contributed by atoms with Crippen LogP contribution in [0, 0.1) is 21.4 Å². The molecule has 0 saturated heterocycles. The summed E-state index contributed by atoms with van der Waals surface area (Å²) in [4.78, 5) is 22.2. The largest absolute Gasteiger partial charge is 0.324 e. The van der Waals surface area contributed by atoms with E-state index in [1.54, 1.807) is 6.07 Å². The Balaban J connectivity index is 2.00. The molecule has 0 radical (unpaired) electrons. The molecule has 0 aliphatic rings. The van der Waals surface area contributed by atoms with E-state index in [1.165, 1.54) is 12.1 Å². The van der Waals surface area contributed by atoms with Crippen LogP contribution < -0.4 is 10.6 Å². The highest BCUT2D eigenvalue weighted by molar-refractivity contribution is 6.31. The highest BCUT2D eigenvalue weighted by Crippen LogP contribution is 2.23. The van der Waals surface area contributed by atoms with Gasteiger partial charge < -0.3 is 10.6 Å². The molecule has 0 heterocycles. The third kappa shape index (κ3) is 4.76. The Morgan fingerprint density at radius 1 is 1.36 bits per heavy atom. The maximum Gasteiger partial charge on any atom is 0.270 e. The summed E-state index contributed by atoms with van der Waals surface area (Å²) in [5.41, 5.74) is 0.914. The van der Waals surface area contributed by atoms with E-state index in [2.05, 4.69) is 10.6 Å². The maximum atomic E-state index is 12.1. The molecule has 0 bridgehead atoms. The molecule has 0 fully saturated rings. The molecule has 2 aromatic rings. The number of carbonyl (C=O) groups is 1. The molecule has 0 aliphatic carbocycles. The minimum Gasteiger partial charge on any atom is -0.324 e. The average molecular weight is 359 g/mol. The summed E-state index contributed by atoms with van der Waals surface area (Å²) in [6.45, 7) is 1.87. The van der Waals surface area contributed by atoms with Gasteiger partial charge in [0, 0.05) is 23.2 Å². The first-order chi connectivity index (χ1) is 11.9. The van der Waals surface area contributed by atoms with E-state index in [9.17, 15) is 14.9 Å². The smallest absolute Gasteiger partial charge is 0.270 e. The lowest BCUT2D eigenvalue weighted by atomic mass is 10.1. The van der Waals surface area contributed by atoms with Gasteiger partial charge in [-0.15, -0.1) is 0 Å². The van der Waals surface area contributed by atoms with Gasteiger partial charge in [-0.25, -0.2) is 0 Å². The van der Waals surface area contributed by atoms with Crippen LogP contribution in [0.15, 0.2) is 42.5 Å². The third-order valence-electron chi connectivity index (χ3n) is 3.55. The average Bonchev–Trinajstić information content (AvgIpc) is 2.60. The number of halogens is 1. The van der Waals surface area contributed by atoms with Crippen molar-refractivity contribution in [2.45, 2.75) is 13.0 Å². The normalized spacial score (nSPS) is 11.4. The summed E-state index contributed by atoms with van der Waals surface area (Å²) in [5, 5.41) is 26.0. The van der Waals surface area contributed by atoms with Crippen molar-refractivity contribution in [1.29, 1.82) is 5.26 Å². The second-order valence-electron chi connectivity index (χ2n) is 5.27. The number of nitrogens with zero attached hydrogens (tertiary/aromatic N) is 2. The lowest BCUT2D eigenvalue weighted by molar-refractivity contribution is -0.384. The molecule has 0 aromatic heterocycles. The molecule has 2 N–H and O–H groups in total. The molecule has 2 rings (SSSR count). The van der Waals surface area contributed by atoms with Gasteiger partial charge in [0.05, 0.1) is 22.7 Å². The summed E-state index contributed by atoms with van der Waals surface area (Å²) in [7, 11) is 0. The van der Waals surface area contributed by atoms with Crippen LogP contribution in [0.3, 0.4) is 0 Å². The predicted molar refractivity (Wildman–Crippen MR) is 94.3 cm³/mol. The topological polar surface area (TPSA) is 108 Å². The summed E-state index contributed by atoms with van der Waals surface area (Å²) >= 11 is 6.11. The van der Waals surface area contributed by atoms with Crippen LogP contribution in [0.2, 0.25) is 5.02 Å². The number of amides is 1. The van der Waals surface area contributed by atoms with Crippen LogP contribution >= 0.6 is 11.6 Å². The van der Waals surface area contributed by atoms with Gasteiger partial charge in [0.1, 0.15) is 6.07 Å². The van der Waals surface area contributed by atoms with Gasteiger partial charge >= 0.3 is 0 Å². The number of hydrogen-bond acceptors (Lipinski definition) is 5. The third-order valence-corrected chi connectivity index (χ3v) is 3.89. The van der Waals surface area contributed by atoms with Crippen LogP contribution in [0.25, 0.3) is 0 Å². The van der Waals surface area contributed by atoms with Gasteiger partial charge in [0.25, 0.3) is 5.69 Å². The number of benzene rings is 2. The Kier molecular flexibility index (Phi) is 6.06. The second-order valence-corrected chi connectivity index (χ2v) is 5.68. The zero-order valence-corrected chi connectivity index (χ0v) is 14.1. The fourth-order valence-corrected chi connectivity index (χ4v) is 2.52. The minimum absolute atomic E-state index is 0.00571. The van der Waals surface area contributed by atoms with E-state index >= 15 is 0 Å².